The molecule has 0 spiro atoms. The van der Waals surface area contributed by atoms with E-state index in [0.717, 1.165) is 12.0 Å². The van der Waals surface area contributed by atoms with E-state index in [1.807, 2.05) is 61.5 Å². The van der Waals surface area contributed by atoms with Gasteiger partial charge in [0, 0.05) is 0 Å². The molecule has 0 fully saturated rings. The van der Waals surface area contributed by atoms with Gasteiger partial charge in [-0.25, -0.2) is 4.21 Å². The van der Waals surface area contributed by atoms with Gasteiger partial charge in [-0.15, -0.1) is 0 Å². The lowest BCUT2D eigenvalue weighted by atomic mass is 10.2. The topological polar surface area (TPSA) is 26.3 Å². The Morgan fingerprint density at radius 2 is 1.67 bits per heavy atom. The van der Waals surface area contributed by atoms with Crippen molar-refractivity contribution in [3.8, 4) is 0 Å². The molecule has 0 aliphatic rings. The molecule has 2 aromatic rings. The van der Waals surface area contributed by atoms with Gasteiger partial charge in [0.1, 0.15) is 0 Å². The van der Waals surface area contributed by atoms with Gasteiger partial charge in [0.05, 0.1) is 11.5 Å². The van der Waals surface area contributed by atoms with Crippen molar-refractivity contribution >= 4 is 11.1 Å². The molecule has 0 heterocycles. The molecule has 1 atom stereocenters. The van der Waals surface area contributed by atoms with Crippen LogP contribution in [0.1, 0.15) is 11.1 Å². The van der Waals surface area contributed by atoms with E-state index in [1.54, 1.807) is 0 Å². The summed E-state index contributed by atoms with van der Waals surface area (Å²) in [6.45, 7) is 2.47. The summed E-state index contributed by atoms with van der Waals surface area (Å²) < 4.78 is 17.2. The van der Waals surface area contributed by atoms with Crippen molar-refractivity contribution in [3.05, 3.63) is 65.7 Å². The molecular weight excluding hydrogens is 244 g/mol. The van der Waals surface area contributed by atoms with Gasteiger partial charge in [0.2, 0.25) is 0 Å². The van der Waals surface area contributed by atoms with Gasteiger partial charge in [-0.2, -0.15) is 0 Å². The highest BCUT2D eigenvalue weighted by atomic mass is 32.2. The normalized spacial score (nSPS) is 12.3. The molecule has 0 aliphatic carbocycles. The van der Waals surface area contributed by atoms with Crippen LogP contribution in [-0.2, 0) is 21.7 Å². The highest BCUT2D eigenvalue weighted by molar-refractivity contribution is 7.80. The van der Waals surface area contributed by atoms with E-state index in [4.69, 9.17) is 4.18 Å². The summed E-state index contributed by atoms with van der Waals surface area (Å²) in [5.41, 5.74) is 2.35. The first-order valence-electron chi connectivity index (χ1n) is 5.91. The maximum absolute atomic E-state index is 11.8. The van der Waals surface area contributed by atoms with Gasteiger partial charge in [-0.3, -0.25) is 4.18 Å². The Bertz CT molecular complexity index is 506. The Labute approximate surface area is 110 Å². The monoisotopic (exact) mass is 260 g/mol. The zero-order valence-electron chi connectivity index (χ0n) is 10.3. The van der Waals surface area contributed by atoms with Crippen LogP contribution in [0.15, 0.2) is 59.5 Å². The average Bonchev–Trinajstić information content (AvgIpc) is 2.40. The summed E-state index contributed by atoms with van der Waals surface area (Å²) in [5, 5.41) is 0. The number of hydrogen-bond donors (Lipinski definition) is 0. The van der Waals surface area contributed by atoms with Crippen molar-refractivity contribution in [2.24, 2.45) is 0 Å². The van der Waals surface area contributed by atoms with E-state index in [-0.39, 0.29) is 0 Å². The number of hydrogen-bond acceptors (Lipinski definition) is 2. The quantitative estimate of drug-likeness (QED) is 0.824. The fourth-order valence-corrected chi connectivity index (χ4v) is 2.33. The van der Waals surface area contributed by atoms with Crippen molar-refractivity contribution in [1.82, 2.24) is 0 Å². The molecule has 2 nitrogen and oxygen atoms in total. The van der Waals surface area contributed by atoms with E-state index in [2.05, 4.69) is 0 Å². The molecule has 0 aliphatic heterocycles. The van der Waals surface area contributed by atoms with Gasteiger partial charge in [0.25, 0.3) is 0 Å². The summed E-state index contributed by atoms with van der Waals surface area (Å²) in [6.07, 6.45) is 0.776. The second-order valence-corrected chi connectivity index (χ2v) is 5.28. The molecule has 18 heavy (non-hydrogen) atoms. The van der Waals surface area contributed by atoms with Crippen molar-refractivity contribution in [1.29, 1.82) is 0 Å². The maximum atomic E-state index is 11.8. The van der Waals surface area contributed by atoms with Crippen LogP contribution in [0.3, 0.4) is 0 Å². The van der Waals surface area contributed by atoms with Crippen LogP contribution in [0.4, 0.5) is 0 Å². The Morgan fingerprint density at radius 3 is 2.33 bits per heavy atom. The van der Waals surface area contributed by atoms with Crippen molar-refractivity contribution in [2.75, 3.05) is 6.61 Å². The fraction of sp³-hybridized carbons (Fsp3) is 0.200. The predicted molar refractivity (Wildman–Crippen MR) is 73.7 cm³/mol. The molecule has 3 heteroatoms. The molecule has 0 amide bonds. The van der Waals surface area contributed by atoms with E-state index in [9.17, 15) is 4.21 Å². The summed E-state index contributed by atoms with van der Waals surface area (Å²) in [5.74, 6) is 0. The third-order valence-corrected chi connectivity index (χ3v) is 3.68. The highest BCUT2D eigenvalue weighted by Gasteiger charge is 2.03. The summed E-state index contributed by atoms with van der Waals surface area (Å²) >= 11 is -1.37. The minimum absolute atomic E-state index is 0.463. The minimum atomic E-state index is -1.37. The Hall–Kier alpha value is -1.45. The largest absolute Gasteiger partial charge is 0.286 e. The molecule has 0 saturated heterocycles. The third kappa shape index (κ3) is 3.79. The van der Waals surface area contributed by atoms with Crippen LogP contribution >= 0.6 is 0 Å². The molecule has 2 rings (SSSR count). The van der Waals surface area contributed by atoms with Crippen LogP contribution in [0, 0.1) is 6.92 Å². The van der Waals surface area contributed by atoms with Crippen LogP contribution in [0.5, 0.6) is 0 Å². The van der Waals surface area contributed by atoms with Crippen LogP contribution in [0.25, 0.3) is 0 Å². The molecular formula is C15H16O2S. The summed E-state index contributed by atoms with van der Waals surface area (Å²) in [7, 11) is 0. The smallest absolute Gasteiger partial charge is 0.189 e. The first-order chi connectivity index (χ1) is 8.75. The summed E-state index contributed by atoms with van der Waals surface area (Å²) in [6, 6.07) is 17.6. The first-order valence-corrected chi connectivity index (χ1v) is 6.99. The molecule has 94 valence electrons. The third-order valence-electron chi connectivity index (χ3n) is 2.64. The van der Waals surface area contributed by atoms with E-state index >= 15 is 0 Å². The lowest BCUT2D eigenvalue weighted by Gasteiger charge is -2.04. The average molecular weight is 260 g/mol. The number of rotatable bonds is 5. The summed E-state index contributed by atoms with van der Waals surface area (Å²) in [4.78, 5) is 0.716. The Kier molecular flexibility index (Phi) is 4.67. The highest BCUT2D eigenvalue weighted by Crippen LogP contribution is 2.10. The lowest BCUT2D eigenvalue weighted by molar-refractivity contribution is 0.352. The molecule has 2 aromatic carbocycles. The molecule has 0 bridgehead atoms. The second kappa shape index (κ2) is 6.47. The van der Waals surface area contributed by atoms with Crippen LogP contribution < -0.4 is 0 Å². The van der Waals surface area contributed by atoms with Gasteiger partial charge in [-0.05, 0) is 31.0 Å². The zero-order chi connectivity index (χ0) is 12.8. The van der Waals surface area contributed by atoms with E-state index in [0.29, 0.717) is 11.5 Å². The van der Waals surface area contributed by atoms with E-state index in [1.165, 1.54) is 5.56 Å². The second-order valence-electron chi connectivity index (χ2n) is 4.11. The molecule has 0 saturated carbocycles. The first kappa shape index (κ1) is 13.0. The molecule has 0 unspecified atom stereocenters. The van der Waals surface area contributed by atoms with Crippen LogP contribution in [0.2, 0.25) is 0 Å². The van der Waals surface area contributed by atoms with Gasteiger partial charge >= 0.3 is 0 Å². The Balaban J connectivity index is 1.84. The van der Waals surface area contributed by atoms with E-state index < -0.39 is 11.1 Å². The number of aryl methyl sites for hydroxylation is 1. The van der Waals surface area contributed by atoms with Crippen molar-refractivity contribution in [2.45, 2.75) is 18.2 Å². The molecule has 0 radical (unpaired) electrons. The van der Waals surface area contributed by atoms with Gasteiger partial charge in [0.15, 0.2) is 11.1 Å². The van der Waals surface area contributed by atoms with Crippen molar-refractivity contribution in [3.63, 3.8) is 0 Å². The lowest BCUT2D eigenvalue weighted by Crippen LogP contribution is -2.02. The van der Waals surface area contributed by atoms with Gasteiger partial charge < -0.3 is 0 Å². The minimum Gasteiger partial charge on any atom is -0.286 e. The number of benzene rings is 2. The zero-order valence-corrected chi connectivity index (χ0v) is 11.2. The van der Waals surface area contributed by atoms with Crippen molar-refractivity contribution < 1.29 is 8.39 Å². The van der Waals surface area contributed by atoms with Gasteiger partial charge in [-0.1, -0.05) is 48.0 Å². The van der Waals surface area contributed by atoms with Crippen LogP contribution in [-0.4, -0.2) is 10.8 Å². The Morgan fingerprint density at radius 1 is 1.00 bits per heavy atom. The molecule has 0 aromatic heterocycles. The molecule has 0 N–H and O–H groups in total. The predicted octanol–water partition coefficient (Wildman–Crippen LogP) is 3.28. The fourth-order valence-electron chi connectivity index (χ4n) is 1.60. The SMILES string of the molecule is Cc1ccc([S@@](=O)OCCc2ccccc2)cc1. The maximum Gasteiger partial charge on any atom is 0.189 e. The standard InChI is InChI=1S/C15H16O2S/c1-13-7-9-15(10-8-13)18(16)17-12-11-14-5-3-2-4-6-14/h2-10H,11-12H2,1H3/t18-/m0/s1.